The van der Waals surface area contributed by atoms with Crippen molar-refractivity contribution in [2.45, 2.75) is 31.7 Å². The molecule has 1 unspecified atom stereocenters. The topological polar surface area (TPSA) is 62.5 Å². The standard InChI is InChI=1S/C17H18ClN5OS/c1-17(10-12-4-5-14(18)25-12)6-2-8-22(17)16(24)21-13-11-20-23-9-3-7-19-15(13)23/h3-5,7,9,11H,2,6,8,10H2,1H3,(H,21,24). The maximum atomic E-state index is 12.9. The van der Waals surface area contributed by atoms with Crippen LogP contribution in [-0.2, 0) is 6.42 Å². The second kappa shape index (κ2) is 6.31. The molecular weight excluding hydrogens is 358 g/mol. The first-order chi connectivity index (χ1) is 12.0. The molecule has 1 aliphatic heterocycles. The second-order valence-electron chi connectivity index (χ2n) is 6.51. The van der Waals surface area contributed by atoms with Crippen LogP contribution in [0.3, 0.4) is 0 Å². The third kappa shape index (κ3) is 3.09. The van der Waals surface area contributed by atoms with E-state index in [0.717, 1.165) is 30.1 Å². The maximum Gasteiger partial charge on any atom is 0.322 e. The molecule has 1 N–H and O–H groups in total. The van der Waals surface area contributed by atoms with Gasteiger partial charge in [-0.05, 0) is 38.0 Å². The first kappa shape index (κ1) is 16.4. The molecule has 4 heterocycles. The van der Waals surface area contributed by atoms with Gasteiger partial charge in [0.25, 0.3) is 0 Å². The van der Waals surface area contributed by atoms with Crippen molar-refractivity contribution in [2.24, 2.45) is 0 Å². The van der Waals surface area contributed by atoms with Crippen molar-refractivity contribution in [2.75, 3.05) is 11.9 Å². The number of hydrogen-bond acceptors (Lipinski definition) is 4. The molecule has 0 radical (unpaired) electrons. The van der Waals surface area contributed by atoms with Gasteiger partial charge in [0.15, 0.2) is 5.65 Å². The lowest BCUT2D eigenvalue weighted by molar-refractivity contribution is 0.168. The zero-order chi connectivity index (χ0) is 17.4. The van der Waals surface area contributed by atoms with Crippen LogP contribution in [-0.4, -0.2) is 37.6 Å². The molecule has 0 aliphatic carbocycles. The molecule has 130 valence electrons. The van der Waals surface area contributed by atoms with Crippen LogP contribution in [0.15, 0.2) is 36.8 Å². The fourth-order valence-corrected chi connectivity index (χ4v) is 4.74. The summed E-state index contributed by atoms with van der Waals surface area (Å²) in [5.41, 5.74) is 1.05. The van der Waals surface area contributed by atoms with Crippen molar-refractivity contribution >= 4 is 40.3 Å². The van der Waals surface area contributed by atoms with E-state index < -0.39 is 0 Å². The Labute approximate surface area is 154 Å². The van der Waals surface area contributed by atoms with E-state index in [0.29, 0.717) is 11.3 Å². The number of urea groups is 1. The van der Waals surface area contributed by atoms with Gasteiger partial charge in [-0.1, -0.05) is 11.6 Å². The molecular formula is C17H18ClN5OS. The van der Waals surface area contributed by atoms with Crippen LogP contribution in [0.5, 0.6) is 0 Å². The van der Waals surface area contributed by atoms with Crippen LogP contribution in [0.1, 0.15) is 24.6 Å². The molecule has 1 aliphatic rings. The number of rotatable bonds is 3. The molecule has 0 aromatic carbocycles. The third-order valence-corrected chi connectivity index (χ3v) is 5.93. The molecule has 0 saturated carbocycles. The van der Waals surface area contributed by atoms with Crippen LogP contribution in [0.25, 0.3) is 5.65 Å². The first-order valence-electron chi connectivity index (χ1n) is 8.16. The number of aromatic nitrogens is 3. The van der Waals surface area contributed by atoms with Crippen molar-refractivity contribution in [3.8, 4) is 0 Å². The molecule has 1 saturated heterocycles. The Morgan fingerprint density at radius 2 is 2.36 bits per heavy atom. The minimum absolute atomic E-state index is 0.108. The van der Waals surface area contributed by atoms with E-state index in [1.807, 2.05) is 17.0 Å². The number of nitrogens with one attached hydrogen (secondary N) is 1. The summed E-state index contributed by atoms with van der Waals surface area (Å²) in [4.78, 5) is 20.3. The first-order valence-corrected chi connectivity index (χ1v) is 9.36. The zero-order valence-corrected chi connectivity index (χ0v) is 15.3. The average molecular weight is 376 g/mol. The fraction of sp³-hybridized carbons (Fsp3) is 0.353. The van der Waals surface area contributed by atoms with Gasteiger partial charge in [0.2, 0.25) is 0 Å². The molecule has 1 fully saturated rings. The van der Waals surface area contributed by atoms with Gasteiger partial charge < -0.3 is 10.2 Å². The number of carbonyl (C=O) groups is 1. The fourth-order valence-electron chi connectivity index (χ4n) is 3.47. The number of amides is 2. The smallest absolute Gasteiger partial charge is 0.319 e. The van der Waals surface area contributed by atoms with Gasteiger partial charge in [0.1, 0.15) is 5.69 Å². The third-order valence-electron chi connectivity index (χ3n) is 4.70. The summed E-state index contributed by atoms with van der Waals surface area (Å²) in [6, 6.07) is 5.65. The summed E-state index contributed by atoms with van der Waals surface area (Å²) in [5, 5.41) is 7.18. The van der Waals surface area contributed by atoms with Crippen molar-refractivity contribution in [1.29, 1.82) is 0 Å². The van der Waals surface area contributed by atoms with Gasteiger partial charge in [-0.2, -0.15) is 5.10 Å². The molecule has 0 spiro atoms. The summed E-state index contributed by atoms with van der Waals surface area (Å²) >= 11 is 7.63. The Bertz CT molecular complexity index is 923. The number of halogens is 1. The van der Waals surface area contributed by atoms with Gasteiger partial charge in [-0.15, -0.1) is 11.3 Å². The minimum atomic E-state index is -0.214. The molecule has 1 atom stereocenters. The lowest BCUT2D eigenvalue weighted by Crippen LogP contribution is -2.48. The van der Waals surface area contributed by atoms with Crippen molar-refractivity contribution < 1.29 is 4.79 Å². The van der Waals surface area contributed by atoms with E-state index in [1.165, 1.54) is 4.88 Å². The van der Waals surface area contributed by atoms with E-state index in [-0.39, 0.29) is 11.6 Å². The second-order valence-corrected chi connectivity index (χ2v) is 8.31. The quantitative estimate of drug-likeness (QED) is 0.750. The van der Waals surface area contributed by atoms with Gasteiger partial charge in [-0.25, -0.2) is 14.3 Å². The van der Waals surface area contributed by atoms with E-state index in [4.69, 9.17) is 11.6 Å². The number of thiophene rings is 1. The van der Waals surface area contributed by atoms with Crippen molar-refractivity contribution in [3.63, 3.8) is 0 Å². The number of likely N-dealkylation sites (tertiary alicyclic amines) is 1. The Morgan fingerprint density at radius 1 is 1.48 bits per heavy atom. The Kier molecular flexibility index (Phi) is 4.13. The molecule has 6 nitrogen and oxygen atoms in total. The summed E-state index contributed by atoms with van der Waals surface area (Å²) in [7, 11) is 0. The van der Waals surface area contributed by atoms with Crippen LogP contribution >= 0.6 is 22.9 Å². The van der Waals surface area contributed by atoms with Crippen LogP contribution < -0.4 is 5.32 Å². The Balaban J connectivity index is 1.54. The number of hydrogen-bond donors (Lipinski definition) is 1. The predicted octanol–water partition coefficient (Wildman–Crippen LogP) is 4.07. The highest BCUT2D eigenvalue weighted by Gasteiger charge is 2.40. The van der Waals surface area contributed by atoms with Crippen LogP contribution in [0.2, 0.25) is 4.34 Å². The highest BCUT2D eigenvalue weighted by Crippen LogP contribution is 2.35. The molecule has 8 heteroatoms. The summed E-state index contributed by atoms with van der Waals surface area (Å²) in [6.45, 7) is 2.88. The lowest BCUT2D eigenvalue weighted by atomic mass is 9.94. The number of nitrogens with zero attached hydrogens (tertiary/aromatic N) is 4. The number of anilines is 1. The largest absolute Gasteiger partial charge is 0.322 e. The minimum Gasteiger partial charge on any atom is -0.319 e. The number of fused-ring (bicyclic) bond motifs is 1. The Hall–Kier alpha value is -2.12. The molecule has 0 bridgehead atoms. The van der Waals surface area contributed by atoms with E-state index in [1.54, 1.807) is 40.5 Å². The van der Waals surface area contributed by atoms with Crippen molar-refractivity contribution in [1.82, 2.24) is 19.5 Å². The van der Waals surface area contributed by atoms with Gasteiger partial charge in [0.05, 0.1) is 10.5 Å². The average Bonchev–Trinajstić information content (AvgIpc) is 3.28. The van der Waals surface area contributed by atoms with E-state index >= 15 is 0 Å². The zero-order valence-electron chi connectivity index (χ0n) is 13.8. The van der Waals surface area contributed by atoms with Gasteiger partial charge in [-0.3, -0.25) is 0 Å². The summed E-state index contributed by atoms with van der Waals surface area (Å²) < 4.78 is 2.43. The Morgan fingerprint density at radius 3 is 3.16 bits per heavy atom. The number of carbonyl (C=O) groups excluding carboxylic acids is 1. The SMILES string of the molecule is CC1(Cc2ccc(Cl)s2)CCCN1C(=O)Nc1cnn2cccnc12. The molecule has 4 rings (SSSR count). The normalized spacial score (nSPS) is 20.3. The van der Waals surface area contributed by atoms with Crippen LogP contribution in [0, 0.1) is 0 Å². The van der Waals surface area contributed by atoms with Crippen molar-refractivity contribution in [3.05, 3.63) is 46.0 Å². The van der Waals surface area contributed by atoms with E-state index in [9.17, 15) is 4.79 Å². The summed E-state index contributed by atoms with van der Waals surface area (Å²) in [6.07, 6.45) is 7.90. The van der Waals surface area contributed by atoms with E-state index in [2.05, 4.69) is 22.3 Å². The predicted molar refractivity (Wildman–Crippen MR) is 99.4 cm³/mol. The van der Waals surface area contributed by atoms with Gasteiger partial charge in [0, 0.05) is 35.8 Å². The molecule has 2 amide bonds. The highest BCUT2D eigenvalue weighted by atomic mass is 35.5. The van der Waals surface area contributed by atoms with Crippen LogP contribution in [0.4, 0.5) is 10.5 Å². The molecule has 3 aromatic heterocycles. The van der Waals surface area contributed by atoms with Gasteiger partial charge >= 0.3 is 6.03 Å². The molecule has 3 aromatic rings. The molecule has 25 heavy (non-hydrogen) atoms. The monoisotopic (exact) mass is 375 g/mol. The maximum absolute atomic E-state index is 12.9. The highest BCUT2D eigenvalue weighted by molar-refractivity contribution is 7.16. The summed E-state index contributed by atoms with van der Waals surface area (Å²) in [5.74, 6) is 0. The lowest BCUT2D eigenvalue weighted by Gasteiger charge is -2.35.